The van der Waals surface area contributed by atoms with E-state index in [1.165, 1.54) is 10.5 Å². The number of aliphatic hydroxyl groups is 2. The van der Waals surface area contributed by atoms with E-state index in [0.29, 0.717) is 11.6 Å². The molecule has 6 nitrogen and oxygen atoms in total. The first-order valence-electron chi connectivity index (χ1n) is 11.2. The number of aliphatic hydroxyl groups excluding tert-OH is 2. The highest BCUT2D eigenvalue weighted by atomic mass is 35.5. The van der Waals surface area contributed by atoms with Crippen LogP contribution in [0.15, 0.2) is 66.7 Å². The molecule has 3 atom stereocenters. The van der Waals surface area contributed by atoms with Crippen molar-refractivity contribution in [2.45, 2.75) is 44.1 Å². The largest absolute Gasteiger partial charge is 0.380 e. The fourth-order valence-electron chi connectivity index (χ4n) is 4.23. The van der Waals surface area contributed by atoms with Gasteiger partial charge in [0.2, 0.25) is 0 Å². The van der Waals surface area contributed by atoms with E-state index in [1.54, 1.807) is 23.5 Å². The summed E-state index contributed by atoms with van der Waals surface area (Å²) in [7, 11) is 0. The smallest absolute Gasteiger partial charge is 0.255 e. The lowest BCUT2D eigenvalue weighted by molar-refractivity contribution is -0.153. The summed E-state index contributed by atoms with van der Waals surface area (Å²) < 4.78 is 0. The molecule has 1 fully saturated rings. The van der Waals surface area contributed by atoms with E-state index < -0.39 is 24.0 Å². The molecule has 2 heterocycles. The molecule has 0 spiro atoms. The molecule has 0 radical (unpaired) electrons. The zero-order valence-corrected chi connectivity index (χ0v) is 20.1. The van der Waals surface area contributed by atoms with Gasteiger partial charge in [0, 0.05) is 27.7 Å². The van der Waals surface area contributed by atoms with Crippen LogP contribution < -0.4 is 5.32 Å². The van der Waals surface area contributed by atoms with Crippen LogP contribution in [0.5, 0.6) is 0 Å². The number of hydrogen-bond acceptors (Lipinski definition) is 5. The number of rotatable bonds is 8. The lowest BCUT2D eigenvalue weighted by Gasteiger charge is -2.28. The number of benzene rings is 2. The summed E-state index contributed by atoms with van der Waals surface area (Å²) in [4.78, 5) is 29.0. The molecule has 1 aliphatic rings. The first kappa shape index (κ1) is 24.4. The van der Waals surface area contributed by atoms with Crippen molar-refractivity contribution in [2.75, 3.05) is 6.54 Å². The van der Waals surface area contributed by atoms with Gasteiger partial charge in [-0.3, -0.25) is 9.59 Å². The second-order valence-corrected chi connectivity index (χ2v) is 10.1. The van der Waals surface area contributed by atoms with Gasteiger partial charge in [-0.15, -0.1) is 11.3 Å². The van der Waals surface area contributed by atoms with Crippen LogP contribution in [0.25, 0.3) is 0 Å². The van der Waals surface area contributed by atoms with Gasteiger partial charge >= 0.3 is 0 Å². The Labute approximate surface area is 207 Å². The molecule has 0 bridgehead atoms. The molecule has 34 heavy (non-hydrogen) atoms. The monoisotopic (exact) mass is 498 g/mol. The van der Waals surface area contributed by atoms with Crippen LogP contribution in [-0.4, -0.2) is 45.7 Å². The molecular formula is C26H27ClN2O4S. The van der Waals surface area contributed by atoms with E-state index in [2.05, 4.69) is 17.4 Å². The topological polar surface area (TPSA) is 89.9 Å². The second-order valence-electron chi connectivity index (χ2n) is 8.38. The van der Waals surface area contributed by atoms with Crippen molar-refractivity contribution in [3.8, 4) is 0 Å². The van der Waals surface area contributed by atoms with Crippen LogP contribution in [0.3, 0.4) is 0 Å². The maximum atomic E-state index is 12.9. The van der Waals surface area contributed by atoms with E-state index in [-0.39, 0.29) is 12.6 Å². The normalized spacial score (nSPS) is 17.4. The van der Waals surface area contributed by atoms with Crippen molar-refractivity contribution >= 4 is 34.8 Å². The number of thiophene rings is 1. The van der Waals surface area contributed by atoms with Crippen LogP contribution in [-0.2, 0) is 22.6 Å². The van der Waals surface area contributed by atoms with E-state index in [9.17, 15) is 19.8 Å². The van der Waals surface area contributed by atoms with Gasteiger partial charge in [-0.25, -0.2) is 0 Å². The van der Waals surface area contributed by atoms with Crippen LogP contribution in [0, 0.1) is 0 Å². The number of amides is 2. The molecule has 8 heteroatoms. The minimum atomic E-state index is -1.85. The van der Waals surface area contributed by atoms with Crippen molar-refractivity contribution < 1.29 is 19.8 Å². The van der Waals surface area contributed by atoms with E-state index in [4.69, 9.17) is 11.6 Å². The Hall–Kier alpha value is -2.71. The summed E-state index contributed by atoms with van der Waals surface area (Å²) in [6.45, 7) is 0.659. The van der Waals surface area contributed by atoms with Crippen molar-refractivity contribution in [3.05, 3.63) is 92.6 Å². The maximum absolute atomic E-state index is 12.9. The molecular weight excluding hydrogens is 472 g/mol. The van der Waals surface area contributed by atoms with Gasteiger partial charge in [0.1, 0.15) is 0 Å². The highest BCUT2D eigenvalue weighted by Gasteiger charge is 2.38. The third-order valence-electron chi connectivity index (χ3n) is 5.97. The molecule has 3 N–H and O–H groups in total. The lowest BCUT2D eigenvalue weighted by atomic mass is 10.0. The van der Waals surface area contributed by atoms with Gasteiger partial charge in [-0.2, -0.15) is 0 Å². The van der Waals surface area contributed by atoms with E-state index in [1.807, 2.05) is 42.5 Å². The van der Waals surface area contributed by atoms with Gasteiger partial charge in [0.25, 0.3) is 11.8 Å². The molecule has 4 rings (SSSR count). The molecule has 178 valence electrons. The quantitative estimate of drug-likeness (QED) is 0.442. The molecule has 2 amide bonds. The molecule has 1 aliphatic heterocycles. The Kier molecular flexibility index (Phi) is 8.00. The van der Waals surface area contributed by atoms with Crippen molar-refractivity contribution in [2.24, 2.45) is 0 Å². The summed E-state index contributed by atoms with van der Waals surface area (Å²) in [5.74, 6) is -1.44. The number of halogens is 1. The zero-order valence-electron chi connectivity index (χ0n) is 18.6. The van der Waals surface area contributed by atoms with Crippen LogP contribution in [0.1, 0.15) is 39.8 Å². The standard InChI is InChI=1S/C26H27ClN2O4S/c27-19-9-4-8-18(15-19)22-10-5-13-29(22)26(33)24(31)23(30)25(32)28-16-21-12-11-20(34-21)14-17-6-2-1-3-7-17/h1-4,6-9,11-12,15,22-24,30-31H,5,10,13-14,16H2,(H,28,32)/t22-,23-,24-/m1/s1. The average Bonchev–Trinajstić information content (AvgIpc) is 3.51. The Morgan fingerprint density at radius 3 is 2.56 bits per heavy atom. The fraction of sp³-hybridized carbons (Fsp3) is 0.308. The minimum Gasteiger partial charge on any atom is -0.380 e. The number of likely N-dealkylation sites (tertiary alicyclic amines) is 1. The zero-order chi connectivity index (χ0) is 24.1. The number of hydrogen-bond donors (Lipinski definition) is 3. The van der Waals surface area contributed by atoms with Crippen molar-refractivity contribution in [1.29, 1.82) is 0 Å². The highest BCUT2D eigenvalue weighted by Crippen LogP contribution is 2.33. The van der Waals surface area contributed by atoms with Crippen LogP contribution in [0.2, 0.25) is 5.02 Å². The van der Waals surface area contributed by atoms with E-state index >= 15 is 0 Å². The average molecular weight is 499 g/mol. The second kappa shape index (κ2) is 11.1. The van der Waals surface area contributed by atoms with Gasteiger partial charge in [0.15, 0.2) is 12.2 Å². The Bertz CT molecular complexity index is 1140. The maximum Gasteiger partial charge on any atom is 0.255 e. The van der Waals surface area contributed by atoms with Crippen molar-refractivity contribution in [1.82, 2.24) is 10.2 Å². The SMILES string of the molecule is O=C(NCc1ccc(Cc2ccccc2)s1)[C@H](O)[C@@H](O)C(=O)N1CCC[C@@H]1c1cccc(Cl)c1. The predicted molar refractivity (Wildman–Crippen MR) is 133 cm³/mol. The summed E-state index contributed by atoms with van der Waals surface area (Å²) in [5.41, 5.74) is 2.07. The van der Waals surface area contributed by atoms with Crippen LogP contribution >= 0.6 is 22.9 Å². The van der Waals surface area contributed by atoms with Gasteiger partial charge < -0.3 is 20.4 Å². The molecule has 2 aromatic carbocycles. The Morgan fingerprint density at radius 2 is 1.79 bits per heavy atom. The lowest BCUT2D eigenvalue weighted by Crippen LogP contribution is -2.50. The predicted octanol–water partition coefficient (Wildman–Crippen LogP) is 3.69. The first-order chi connectivity index (χ1) is 16.4. The summed E-state index contributed by atoms with van der Waals surface area (Å²) in [6.07, 6.45) is -1.39. The first-order valence-corrected chi connectivity index (χ1v) is 12.4. The third kappa shape index (κ3) is 5.85. The van der Waals surface area contributed by atoms with Gasteiger partial charge in [-0.1, -0.05) is 54.1 Å². The third-order valence-corrected chi connectivity index (χ3v) is 7.29. The number of nitrogens with zero attached hydrogens (tertiary/aromatic N) is 1. The fourth-order valence-corrected chi connectivity index (χ4v) is 5.42. The number of carbonyl (C=O) groups is 2. The minimum absolute atomic E-state index is 0.213. The summed E-state index contributed by atoms with van der Waals surface area (Å²) >= 11 is 7.66. The Morgan fingerprint density at radius 1 is 1.03 bits per heavy atom. The number of nitrogens with one attached hydrogen (secondary N) is 1. The van der Waals surface area contributed by atoms with Crippen molar-refractivity contribution in [3.63, 3.8) is 0 Å². The summed E-state index contributed by atoms with van der Waals surface area (Å²) in [6, 6.07) is 21.0. The highest BCUT2D eigenvalue weighted by molar-refractivity contribution is 7.12. The summed E-state index contributed by atoms with van der Waals surface area (Å²) in [5, 5.41) is 24.0. The van der Waals surface area contributed by atoms with Crippen LogP contribution in [0.4, 0.5) is 0 Å². The molecule has 0 unspecified atom stereocenters. The molecule has 1 saturated heterocycles. The number of carbonyl (C=O) groups excluding carboxylic acids is 2. The molecule has 0 aliphatic carbocycles. The molecule has 3 aromatic rings. The molecule has 0 saturated carbocycles. The Balaban J connectivity index is 1.32. The van der Waals surface area contributed by atoms with E-state index in [0.717, 1.165) is 34.6 Å². The molecule has 1 aromatic heterocycles. The van der Waals surface area contributed by atoms with Gasteiger partial charge in [-0.05, 0) is 48.2 Å². The van der Waals surface area contributed by atoms with Gasteiger partial charge in [0.05, 0.1) is 12.6 Å².